The van der Waals surface area contributed by atoms with E-state index in [2.05, 4.69) is 5.32 Å². The molecular formula is C35H37ClFN3O4S. The van der Waals surface area contributed by atoms with Gasteiger partial charge in [-0.2, -0.15) is 0 Å². The minimum Gasteiger partial charge on any atom is -0.352 e. The molecule has 4 rings (SSSR count). The van der Waals surface area contributed by atoms with Crippen molar-refractivity contribution in [3.8, 4) is 0 Å². The number of carbonyl (C=O) groups excluding carboxylic acids is 2. The third-order valence-electron chi connectivity index (χ3n) is 7.57. The molecule has 236 valence electrons. The summed E-state index contributed by atoms with van der Waals surface area (Å²) in [6, 6.07) is 26.4. The average Bonchev–Trinajstić information content (AvgIpc) is 3.03. The number of halogens is 2. The smallest absolute Gasteiger partial charge is 0.264 e. The van der Waals surface area contributed by atoms with Crippen LogP contribution in [0, 0.1) is 12.7 Å². The molecule has 7 nitrogen and oxygen atoms in total. The number of nitrogens with one attached hydrogen (secondary N) is 1. The standard InChI is InChI=1S/C35H37ClFN3O4S/c1-4-26(3)38-35(42)33(22-27-10-6-5-7-11-27)39(23-28-12-8-9-13-32(28)37)34(41)24-40(30-18-14-25(2)15-19-30)45(43,44)31-20-16-29(36)17-21-31/h5-21,26,33H,4,22-24H2,1-3H3,(H,38,42)/t26-,33+/m0/s1. The van der Waals surface area contributed by atoms with Gasteiger partial charge in [0.15, 0.2) is 0 Å². The molecule has 4 aromatic carbocycles. The number of benzene rings is 4. The maximum Gasteiger partial charge on any atom is 0.264 e. The van der Waals surface area contributed by atoms with Crippen molar-refractivity contribution in [2.24, 2.45) is 0 Å². The van der Waals surface area contributed by atoms with Crippen LogP contribution in [0.15, 0.2) is 108 Å². The molecule has 4 aromatic rings. The van der Waals surface area contributed by atoms with Gasteiger partial charge in [-0.15, -0.1) is 0 Å². The molecule has 0 bridgehead atoms. The first-order chi connectivity index (χ1) is 21.5. The Hall–Kier alpha value is -4.21. The quantitative estimate of drug-likeness (QED) is 0.178. The second kappa shape index (κ2) is 15.2. The number of aryl methyl sites for hydroxylation is 1. The van der Waals surface area contributed by atoms with Crippen molar-refractivity contribution in [1.29, 1.82) is 0 Å². The molecule has 0 spiro atoms. The summed E-state index contributed by atoms with van der Waals surface area (Å²) in [7, 11) is -4.27. The Morgan fingerprint density at radius 2 is 1.51 bits per heavy atom. The molecule has 0 aliphatic heterocycles. The highest BCUT2D eigenvalue weighted by molar-refractivity contribution is 7.92. The minimum absolute atomic E-state index is 0.0590. The fourth-order valence-corrected chi connectivity index (χ4v) is 6.32. The van der Waals surface area contributed by atoms with Crippen LogP contribution in [0.1, 0.15) is 37.0 Å². The van der Waals surface area contributed by atoms with Gasteiger partial charge in [0.1, 0.15) is 18.4 Å². The van der Waals surface area contributed by atoms with Crippen molar-refractivity contribution < 1.29 is 22.4 Å². The Labute approximate surface area is 269 Å². The number of carbonyl (C=O) groups is 2. The Bertz CT molecular complexity index is 1700. The summed E-state index contributed by atoms with van der Waals surface area (Å²) in [6.45, 7) is 4.77. The summed E-state index contributed by atoms with van der Waals surface area (Å²) in [4.78, 5) is 29.5. The van der Waals surface area contributed by atoms with Gasteiger partial charge >= 0.3 is 0 Å². The number of anilines is 1. The van der Waals surface area contributed by atoms with Crippen LogP contribution >= 0.6 is 11.6 Å². The van der Waals surface area contributed by atoms with Gasteiger partial charge in [0.2, 0.25) is 11.8 Å². The number of nitrogens with zero attached hydrogens (tertiary/aromatic N) is 2. The fraction of sp³-hybridized carbons (Fsp3) is 0.257. The van der Waals surface area contributed by atoms with Crippen molar-refractivity contribution in [2.45, 2.75) is 57.1 Å². The largest absolute Gasteiger partial charge is 0.352 e. The molecule has 10 heteroatoms. The maximum absolute atomic E-state index is 15.0. The van der Waals surface area contributed by atoms with Crippen LogP contribution in [0.5, 0.6) is 0 Å². The molecule has 0 saturated carbocycles. The zero-order chi connectivity index (χ0) is 32.6. The monoisotopic (exact) mass is 649 g/mol. The molecule has 0 aliphatic carbocycles. The van der Waals surface area contributed by atoms with Crippen molar-refractivity contribution >= 4 is 39.1 Å². The number of hydrogen-bond acceptors (Lipinski definition) is 4. The summed E-state index contributed by atoms with van der Waals surface area (Å²) < 4.78 is 44.1. The van der Waals surface area contributed by atoms with Gasteiger partial charge in [-0.25, -0.2) is 12.8 Å². The normalized spacial score (nSPS) is 12.6. The van der Waals surface area contributed by atoms with E-state index in [-0.39, 0.29) is 35.2 Å². The molecule has 0 heterocycles. The minimum atomic E-state index is -4.27. The van der Waals surface area contributed by atoms with Crippen molar-refractivity contribution in [1.82, 2.24) is 10.2 Å². The second-order valence-electron chi connectivity index (χ2n) is 10.9. The molecule has 2 atom stereocenters. The van der Waals surface area contributed by atoms with Gasteiger partial charge in [0.25, 0.3) is 10.0 Å². The Morgan fingerprint density at radius 3 is 2.13 bits per heavy atom. The van der Waals surface area contributed by atoms with E-state index in [0.29, 0.717) is 11.4 Å². The molecule has 0 saturated heterocycles. The maximum atomic E-state index is 15.0. The van der Waals surface area contributed by atoms with Gasteiger partial charge in [0, 0.05) is 29.6 Å². The van der Waals surface area contributed by atoms with E-state index < -0.39 is 40.2 Å². The number of sulfonamides is 1. The first-order valence-electron chi connectivity index (χ1n) is 14.7. The first-order valence-corrected chi connectivity index (χ1v) is 16.5. The third-order valence-corrected chi connectivity index (χ3v) is 9.61. The van der Waals surface area contributed by atoms with Crippen molar-refractivity contribution in [3.05, 3.63) is 131 Å². The highest BCUT2D eigenvalue weighted by atomic mass is 35.5. The molecule has 45 heavy (non-hydrogen) atoms. The molecule has 2 amide bonds. The predicted molar refractivity (Wildman–Crippen MR) is 176 cm³/mol. The highest BCUT2D eigenvalue weighted by Gasteiger charge is 2.35. The van der Waals surface area contributed by atoms with Gasteiger partial charge in [-0.3, -0.25) is 13.9 Å². The van der Waals surface area contributed by atoms with Crippen molar-refractivity contribution in [2.75, 3.05) is 10.8 Å². The van der Waals surface area contributed by atoms with Gasteiger partial charge in [-0.1, -0.05) is 84.8 Å². The lowest BCUT2D eigenvalue weighted by molar-refractivity contribution is -0.140. The van der Waals surface area contributed by atoms with Crippen LogP contribution < -0.4 is 9.62 Å². The molecule has 0 unspecified atom stereocenters. The van der Waals surface area contributed by atoms with Crippen molar-refractivity contribution in [3.63, 3.8) is 0 Å². The fourth-order valence-electron chi connectivity index (χ4n) is 4.78. The summed E-state index contributed by atoms with van der Waals surface area (Å²) in [5.74, 6) is -1.63. The second-order valence-corrected chi connectivity index (χ2v) is 13.2. The Morgan fingerprint density at radius 1 is 0.889 bits per heavy atom. The number of hydrogen-bond donors (Lipinski definition) is 1. The third kappa shape index (κ3) is 8.71. The summed E-state index contributed by atoms with van der Waals surface area (Å²) in [5.41, 5.74) is 2.15. The molecule has 0 aliphatic rings. The van der Waals surface area contributed by atoms with Crippen LogP contribution in [0.2, 0.25) is 5.02 Å². The van der Waals surface area contributed by atoms with Crippen LogP contribution in [0.4, 0.5) is 10.1 Å². The van der Waals surface area contributed by atoms with E-state index in [0.717, 1.165) is 15.4 Å². The summed E-state index contributed by atoms with van der Waals surface area (Å²) in [6.07, 6.45) is 0.795. The average molecular weight is 650 g/mol. The Balaban J connectivity index is 1.81. The molecule has 0 aromatic heterocycles. The van der Waals surface area contributed by atoms with E-state index in [1.54, 1.807) is 42.5 Å². The predicted octanol–water partition coefficient (Wildman–Crippen LogP) is 6.54. The van der Waals surface area contributed by atoms with Crippen LogP contribution in [-0.2, 0) is 32.6 Å². The van der Waals surface area contributed by atoms with Crippen LogP contribution in [-0.4, -0.2) is 43.8 Å². The van der Waals surface area contributed by atoms with Gasteiger partial charge < -0.3 is 10.2 Å². The Kier molecular flexibility index (Phi) is 11.4. The van der Waals surface area contributed by atoms with E-state index >= 15 is 4.39 Å². The lowest BCUT2D eigenvalue weighted by Gasteiger charge is -2.34. The molecule has 0 fully saturated rings. The van der Waals surface area contributed by atoms with Gasteiger partial charge in [0.05, 0.1) is 10.6 Å². The number of rotatable bonds is 13. The SMILES string of the molecule is CC[C@H](C)NC(=O)[C@@H](Cc1ccccc1)N(Cc1ccccc1F)C(=O)CN(c1ccc(C)cc1)S(=O)(=O)c1ccc(Cl)cc1. The van der Waals surface area contributed by atoms with E-state index in [9.17, 15) is 18.0 Å². The summed E-state index contributed by atoms with van der Waals surface area (Å²) in [5, 5.41) is 3.33. The van der Waals surface area contributed by atoms with Crippen LogP contribution in [0.25, 0.3) is 0 Å². The number of amides is 2. The topological polar surface area (TPSA) is 86.8 Å². The van der Waals surface area contributed by atoms with Crippen LogP contribution in [0.3, 0.4) is 0 Å². The van der Waals surface area contributed by atoms with E-state index in [1.165, 1.54) is 35.2 Å². The van der Waals surface area contributed by atoms with Gasteiger partial charge in [-0.05, 0) is 68.3 Å². The molecule has 0 radical (unpaired) electrons. The zero-order valence-corrected chi connectivity index (χ0v) is 27.1. The highest BCUT2D eigenvalue weighted by Crippen LogP contribution is 2.26. The lowest BCUT2D eigenvalue weighted by Crippen LogP contribution is -2.54. The summed E-state index contributed by atoms with van der Waals surface area (Å²) >= 11 is 6.03. The zero-order valence-electron chi connectivity index (χ0n) is 25.5. The van der Waals surface area contributed by atoms with E-state index in [1.807, 2.05) is 51.1 Å². The molecular weight excluding hydrogens is 613 g/mol. The lowest BCUT2D eigenvalue weighted by atomic mass is 10.0. The molecule has 1 N–H and O–H groups in total. The van der Waals surface area contributed by atoms with E-state index in [4.69, 9.17) is 11.6 Å². The first kappa shape index (κ1) is 33.7.